The van der Waals surface area contributed by atoms with Crippen molar-refractivity contribution in [2.45, 2.75) is 52.0 Å². The average Bonchev–Trinajstić information content (AvgIpc) is 3.06. The van der Waals surface area contributed by atoms with Crippen molar-refractivity contribution >= 4 is 15.7 Å². The molecule has 0 aliphatic rings. The van der Waals surface area contributed by atoms with Gasteiger partial charge in [-0.25, -0.2) is 13.1 Å². The summed E-state index contributed by atoms with van der Waals surface area (Å²) >= 11 is 0. The second-order valence-corrected chi connectivity index (χ2v) is 9.49. The van der Waals surface area contributed by atoms with Gasteiger partial charge in [0.15, 0.2) is 0 Å². The van der Waals surface area contributed by atoms with Gasteiger partial charge in [-0.15, -0.1) is 0 Å². The zero-order valence-corrected chi connectivity index (χ0v) is 18.5. The highest BCUT2D eigenvalue weighted by Crippen LogP contribution is 2.34. The Kier molecular flexibility index (Phi) is 5.16. The summed E-state index contributed by atoms with van der Waals surface area (Å²) in [6, 6.07) is 3.46. The Morgan fingerprint density at radius 3 is 2.34 bits per heavy atom. The Balaban J connectivity index is 2.04. The van der Waals surface area contributed by atoms with Crippen LogP contribution in [0.15, 0.2) is 29.4 Å². The van der Waals surface area contributed by atoms with E-state index in [1.165, 1.54) is 4.68 Å². The van der Waals surface area contributed by atoms with E-state index in [4.69, 9.17) is 4.74 Å². The molecule has 0 aliphatic carbocycles. The van der Waals surface area contributed by atoms with Gasteiger partial charge in [-0.2, -0.15) is 10.2 Å². The Hall–Kier alpha value is -2.88. The van der Waals surface area contributed by atoms with Crippen LogP contribution >= 0.6 is 0 Å². The third-order valence-corrected chi connectivity index (χ3v) is 5.99. The van der Waals surface area contributed by atoms with Crippen molar-refractivity contribution in [3.63, 3.8) is 0 Å². The number of hydrogen-bond acceptors (Lipinski definition) is 6. The summed E-state index contributed by atoms with van der Waals surface area (Å²) in [5.74, 6) is 0.751. The fourth-order valence-electron chi connectivity index (χ4n) is 3.25. The highest BCUT2D eigenvalue weighted by molar-refractivity contribution is 7.92. The Morgan fingerprint density at radius 2 is 1.79 bits per heavy atom. The van der Waals surface area contributed by atoms with Gasteiger partial charge >= 0.3 is 0 Å². The van der Waals surface area contributed by atoms with E-state index in [0.717, 1.165) is 0 Å². The molecule has 29 heavy (non-hydrogen) atoms. The van der Waals surface area contributed by atoms with E-state index in [9.17, 15) is 8.42 Å². The summed E-state index contributed by atoms with van der Waals surface area (Å²) in [5, 5.41) is 8.74. The molecular weight excluding hydrogens is 392 g/mol. The zero-order chi connectivity index (χ0) is 21.6. The number of nitrogens with zero attached hydrogens (tertiary/aromatic N) is 5. The van der Waals surface area contributed by atoms with Gasteiger partial charge in [-0.3, -0.25) is 14.4 Å². The second kappa shape index (κ2) is 7.18. The van der Waals surface area contributed by atoms with Gasteiger partial charge < -0.3 is 4.74 Å². The molecule has 3 rings (SSSR count). The number of aryl methyl sites for hydroxylation is 3. The molecule has 9 nitrogen and oxygen atoms in total. The minimum Gasteiger partial charge on any atom is -0.436 e. The van der Waals surface area contributed by atoms with Crippen LogP contribution in [0.1, 0.15) is 37.9 Å². The monoisotopic (exact) mass is 418 g/mol. The Morgan fingerprint density at radius 1 is 1.10 bits per heavy atom. The van der Waals surface area contributed by atoms with Crippen LogP contribution in [0.25, 0.3) is 0 Å². The number of nitrogens with one attached hydrogen (secondary N) is 1. The van der Waals surface area contributed by atoms with Crippen LogP contribution in [-0.4, -0.2) is 33.0 Å². The molecule has 0 aliphatic heterocycles. The molecule has 0 bridgehead atoms. The number of aromatic nitrogens is 5. The van der Waals surface area contributed by atoms with E-state index in [1.54, 1.807) is 57.0 Å². The maximum absolute atomic E-state index is 13.3. The Labute approximate surface area is 170 Å². The van der Waals surface area contributed by atoms with Crippen LogP contribution in [0.4, 0.5) is 5.69 Å². The fraction of sp³-hybridized carbons (Fsp3) is 0.421. The minimum atomic E-state index is -3.92. The molecule has 10 heteroatoms. The average molecular weight is 419 g/mol. The number of pyridine rings is 1. The van der Waals surface area contributed by atoms with E-state index in [1.807, 2.05) is 20.8 Å². The lowest BCUT2D eigenvalue weighted by atomic mass is 10.1. The SMILES string of the molecule is Cc1nn(C)c(Oc2cccnc2)c1NS(=O)(=O)c1c(C)nn(C(C)(C)C)c1C. The normalized spacial score (nSPS) is 12.2. The number of hydrogen-bond donors (Lipinski definition) is 1. The Bertz CT molecular complexity index is 1140. The van der Waals surface area contributed by atoms with Crippen LogP contribution < -0.4 is 9.46 Å². The number of rotatable bonds is 5. The van der Waals surface area contributed by atoms with E-state index >= 15 is 0 Å². The predicted octanol–water partition coefficient (Wildman–Crippen LogP) is 3.28. The van der Waals surface area contributed by atoms with Gasteiger partial charge in [0, 0.05) is 13.2 Å². The van der Waals surface area contributed by atoms with E-state index in [0.29, 0.717) is 22.8 Å². The van der Waals surface area contributed by atoms with Gasteiger partial charge in [-0.05, 0) is 53.7 Å². The summed E-state index contributed by atoms with van der Waals surface area (Å²) in [6.45, 7) is 11.1. The molecule has 3 aromatic rings. The fourth-order valence-corrected chi connectivity index (χ4v) is 4.76. The molecule has 0 spiro atoms. The molecular formula is C19H26N6O3S. The molecule has 156 valence electrons. The van der Waals surface area contributed by atoms with Crippen LogP contribution in [0.5, 0.6) is 11.6 Å². The molecule has 0 radical (unpaired) electrons. The van der Waals surface area contributed by atoms with Gasteiger partial charge in [0.05, 0.1) is 28.8 Å². The van der Waals surface area contributed by atoms with Gasteiger partial charge in [0.25, 0.3) is 10.0 Å². The first-order chi connectivity index (χ1) is 13.4. The molecule has 3 heterocycles. The summed E-state index contributed by atoms with van der Waals surface area (Å²) < 4.78 is 38.3. The summed E-state index contributed by atoms with van der Waals surface area (Å²) in [5.41, 5.74) is 1.42. The number of anilines is 1. The van der Waals surface area contributed by atoms with Crippen LogP contribution in [0.3, 0.4) is 0 Å². The van der Waals surface area contributed by atoms with E-state index < -0.39 is 10.0 Å². The van der Waals surface area contributed by atoms with Crippen molar-refractivity contribution in [2.75, 3.05) is 4.72 Å². The molecule has 0 amide bonds. The lowest BCUT2D eigenvalue weighted by Gasteiger charge is -2.21. The largest absolute Gasteiger partial charge is 0.436 e. The summed E-state index contributed by atoms with van der Waals surface area (Å²) in [4.78, 5) is 4.17. The van der Waals surface area contributed by atoms with Crippen molar-refractivity contribution in [1.82, 2.24) is 24.5 Å². The van der Waals surface area contributed by atoms with Gasteiger partial charge in [-0.1, -0.05) is 0 Å². The quantitative estimate of drug-likeness (QED) is 0.682. The predicted molar refractivity (Wildman–Crippen MR) is 110 cm³/mol. The molecule has 0 aromatic carbocycles. The van der Waals surface area contributed by atoms with Crippen LogP contribution in [-0.2, 0) is 22.6 Å². The number of ether oxygens (including phenoxy) is 1. The standard InChI is InChI=1S/C19H26N6O3S/c1-12-16(18(24(7)21-12)28-15-9-8-10-20-11-15)23-29(26,27)17-13(2)22-25(14(17)3)19(4,5)6/h8-11,23H,1-7H3. The first kappa shape index (κ1) is 20.8. The molecule has 1 N–H and O–H groups in total. The molecule has 3 aromatic heterocycles. The third-order valence-electron chi connectivity index (χ3n) is 4.38. The smallest absolute Gasteiger partial charge is 0.265 e. The van der Waals surface area contributed by atoms with Crippen molar-refractivity contribution in [1.29, 1.82) is 0 Å². The van der Waals surface area contributed by atoms with E-state index in [2.05, 4.69) is 19.9 Å². The molecule has 0 saturated carbocycles. The highest BCUT2D eigenvalue weighted by atomic mass is 32.2. The third kappa shape index (κ3) is 3.98. The van der Waals surface area contributed by atoms with Crippen LogP contribution in [0.2, 0.25) is 0 Å². The summed E-state index contributed by atoms with van der Waals surface area (Å²) in [7, 11) is -2.24. The molecule has 0 unspecified atom stereocenters. The highest BCUT2D eigenvalue weighted by Gasteiger charge is 2.30. The zero-order valence-electron chi connectivity index (χ0n) is 17.7. The summed E-state index contributed by atoms with van der Waals surface area (Å²) in [6.07, 6.45) is 3.17. The maximum atomic E-state index is 13.3. The van der Waals surface area contributed by atoms with Gasteiger partial charge in [0.2, 0.25) is 5.88 Å². The van der Waals surface area contributed by atoms with E-state index in [-0.39, 0.29) is 22.0 Å². The lowest BCUT2D eigenvalue weighted by molar-refractivity contribution is 0.345. The van der Waals surface area contributed by atoms with Crippen molar-refractivity contribution in [3.05, 3.63) is 41.6 Å². The van der Waals surface area contributed by atoms with Gasteiger partial charge in [0.1, 0.15) is 16.3 Å². The second-order valence-electron chi connectivity index (χ2n) is 7.87. The molecule has 0 saturated heterocycles. The maximum Gasteiger partial charge on any atom is 0.265 e. The first-order valence-electron chi connectivity index (χ1n) is 9.13. The molecule has 0 fully saturated rings. The topological polar surface area (TPSA) is 104 Å². The van der Waals surface area contributed by atoms with Crippen LogP contribution in [0, 0.1) is 20.8 Å². The molecule has 0 atom stereocenters. The number of sulfonamides is 1. The lowest BCUT2D eigenvalue weighted by Crippen LogP contribution is -2.25. The first-order valence-corrected chi connectivity index (χ1v) is 10.6. The van der Waals surface area contributed by atoms with Crippen molar-refractivity contribution in [2.24, 2.45) is 7.05 Å². The minimum absolute atomic E-state index is 0.156. The van der Waals surface area contributed by atoms with Crippen molar-refractivity contribution < 1.29 is 13.2 Å². The van der Waals surface area contributed by atoms with Crippen molar-refractivity contribution in [3.8, 4) is 11.6 Å².